The van der Waals surface area contributed by atoms with Crippen LogP contribution in [0.3, 0.4) is 0 Å². The normalized spacial score (nSPS) is 11.4. The Morgan fingerprint density at radius 1 is 1.44 bits per heavy atom. The van der Waals surface area contributed by atoms with Gasteiger partial charge in [-0.1, -0.05) is 0 Å². The summed E-state index contributed by atoms with van der Waals surface area (Å²) in [5.74, 6) is -1.04. The lowest BCUT2D eigenvalue weighted by Gasteiger charge is -2.09. The molecule has 0 atom stereocenters. The van der Waals surface area contributed by atoms with Crippen LogP contribution in [0.15, 0.2) is 12.5 Å². The van der Waals surface area contributed by atoms with Gasteiger partial charge in [0.25, 0.3) is 0 Å². The summed E-state index contributed by atoms with van der Waals surface area (Å²) in [6.45, 7) is 0. The first-order chi connectivity index (χ1) is 7.41. The second-order valence-corrected chi connectivity index (χ2v) is 3.14. The zero-order valence-electron chi connectivity index (χ0n) is 8.16. The second-order valence-electron chi connectivity index (χ2n) is 3.14. The molecule has 0 fully saturated rings. The maximum absolute atomic E-state index is 12.4. The minimum atomic E-state index is -4.53. The quantitative estimate of drug-likeness (QED) is 0.864. The minimum absolute atomic E-state index is 0.00197. The van der Waals surface area contributed by atoms with Crippen molar-refractivity contribution in [3.8, 4) is 0 Å². The average molecular weight is 234 g/mol. The smallest absolute Gasteiger partial charge is 0.433 e. The number of hydrogen-bond acceptors (Lipinski definition) is 3. The Morgan fingerprint density at radius 2 is 2.12 bits per heavy atom. The largest absolute Gasteiger partial charge is 0.481 e. The van der Waals surface area contributed by atoms with Crippen LogP contribution in [0.2, 0.25) is 0 Å². The van der Waals surface area contributed by atoms with Gasteiger partial charge in [0.05, 0.1) is 0 Å². The number of halogens is 3. The molecule has 0 aliphatic carbocycles. The van der Waals surface area contributed by atoms with E-state index in [1.807, 2.05) is 0 Å². The summed E-state index contributed by atoms with van der Waals surface area (Å²) >= 11 is 0. The Hall–Kier alpha value is -1.66. The fourth-order valence-corrected chi connectivity index (χ4v) is 1.23. The van der Waals surface area contributed by atoms with Gasteiger partial charge in [-0.15, -0.1) is 0 Å². The van der Waals surface area contributed by atoms with Gasteiger partial charge in [0.15, 0.2) is 5.69 Å². The lowest BCUT2D eigenvalue weighted by molar-refractivity contribution is -0.141. The van der Waals surface area contributed by atoms with E-state index >= 15 is 0 Å². The molecule has 16 heavy (non-hydrogen) atoms. The molecule has 4 nitrogen and oxygen atoms in total. The third-order valence-corrected chi connectivity index (χ3v) is 1.89. The molecule has 0 bridgehead atoms. The van der Waals surface area contributed by atoms with Crippen LogP contribution in [-0.4, -0.2) is 21.0 Å². The molecule has 0 aliphatic rings. The molecule has 1 aromatic rings. The van der Waals surface area contributed by atoms with E-state index in [0.717, 1.165) is 12.5 Å². The third kappa shape index (κ3) is 3.48. The molecule has 0 spiro atoms. The predicted molar refractivity (Wildman–Crippen MR) is 47.6 cm³/mol. The van der Waals surface area contributed by atoms with Gasteiger partial charge < -0.3 is 5.11 Å². The van der Waals surface area contributed by atoms with Crippen molar-refractivity contribution in [2.45, 2.75) is 25.4 Å². The number of aliphatic carboxylic acids is 1. The number of aryl methyl sites for hydroxylation is 1. The molecular formula is C9H9F3N2O2. The topological polar surface area (TPSA) is 63.1 Å². The molecule has 1 heterocycles. The summed E-state index contributed by atoms with van der Waals surface area (Å²) in [7, 11) is 0. The molecule has 0 aromatic carbocycles. The predicted octanol–water partition coefficient (Wildman–Crippen LogP) is 1.90. The van der Waals surface area contributed by atoms with Crippen LogP contribution in [0.5, 0.6) is 0 Å². The fraction of sp³-hybridized carbons (Fsp3) is 0.444. The Morgan fingerprint density at radius 3 is 2.69 bits per heavy atom. The van der Waals surface area contributed by atoms with Gasteiger partial charge in [0, 0.05) is 18.2 Å². The molecule has 1 rings (SSSR count). The van der Waals surface area contributed by atoms with Crippen molar-refractivity contribution in [1.29, 1.82) is 0 Å². The van der Waals surface area contributed by atoms with Crippen molar-refractivity contribution in [3.63, 3.8) is 0 Å². The summed E-state index contributed by atoms with van der Waals surface area (Å²) in [5, 5.41) is 8.37. The van der Waals surface area contributed by atoms with Crippen LogP contribution in [0.25, 0.3) is 0 Å². The minimum Gasteiger partial charge on any atom is -0.481 e. The van der Waals surface area contributed by atoms with Gasteiger partial charge in [-0.3, -0.25) is 4.79 Å². The van der Waals surface area contributed by atoms with Crippen molar-refractivity contribution in [1.82, 2.24) is 9.97 Å². The van der Waals surface area contributed by atoms with Crippen LogP contribution >= 0.6 is 0 Å². The van der Waals surface area contributed by atoms with Crippen molar-refractivity contribution < 1.29 is 23.1 Å². The molecule has 1 N–H and O–H groups in total. The van der Waals surface area contributed by atoms with E-state index in [9.17, 15) is 18.0 Å². The van der Waals surface area contributed by atoms with Crippen molar-refractivity contribution in [2.75, 3.05) is 0 Å². The summed E-state index contributed by atoms with van der Waals surface area (Å²) in [6.07, 6.45) is -2.68. The van der Waals surface area contributed by atoms with Crippen molar-refractivity contribution in [2.24, 2.45) is 0 Å². The number of aromatic nitrogens is 2. The lowest BCUT2D eigenvalue weighted by atomic mass is 10.1. The Bertz CT molecular complexity index is 379. The third-order valence-electron chi connectivity index (χ3n) is 1.89. The first-order valence-electron chi connectivity index (χ1n) is 4.49. The lowest BCUT2D eigenvalue weighted by Crippen LogP contribution is -2.12. The number of nitrogens with zero attached hydrogens (tertiary/aromatic N) is 2. The van der Waals surface area contributed by atoms with Gasteiger partial charge in [-0.05, 0) is 12.8 Å². The Labute approximate surface area is 89.1 Å². The molecule has 0 saturated carbocycles. The monoisotopic (exact) mass is 234 g/mol. The highest BCUT2D eigenvalue weighted by Crippen LogP contribution is 2.30. The molecule has 0 aliphatic heterocycles. The molecule has 0 saturated heterocycles. The molecular weight excluding hydrogens is 225 g/mol. The van der Waals surface area contributed by atoms with Gasteiger partial charge >= 0.3 is 12.1 Å². The van der Waals surface area contributed by atoms with E-state index in [4.69, 9.17) is 5.11 Å². The van der Waals surface area contributed by atoms with Crippen molar-refractivity contribution >= 4 is 5.97 Å². The number of rotatable bonds is 4. The number of hydrogen-bond donors (Lipinski definition) is 1. The second kappa shape index (κ2) is 4.91. The van der Waals surface area contributed by atoms with E-state index < -0.39 is 17.8 Å². The summed E-state index contributed by atoms with van der Waals surface area (Å²) in [5.41, 5.74) is -1.07. The molecule has 0 unspecified atom stereocenters. The Kier molecular flexibility index (Phi) is 3.81. The highest BCUT2D eigenvalue weighted by Gasteiger charge is 2.35. The summed E-state index contributed by atoms with van der Waals surface area (Å²) in [4.78, 5) is 16.9. The molecule has 0 radical (unpaired) electrons. The van der Waals surface area contributed by atoms with E-state index in [1.165, 1.54) is 0 Å². The van der Waals surface area contributed by atoms with E-state index in [0.29, 0.717) is 0 Å². The van der Waals surface area contributed by atoms with Crippen LogP contribution in [0.4, 0.5) is 13.2 Å². The van der Waals surface area contributed by atoms with Crippen LogP contribution in [0.1, 0.15) is 24.1 Å². The van der Waals surface area contributed by atoms with E-state index in [1.54, 1.807) is 0 Å². The Balaban J connectivity index is 2.76. The first-order valence-corrected chi connectivity index (χ1v) is 4.49. The van der Waals surface area contributed by atoms with Gasteiger partial charge in [-0.25, -0.2) is 9.97 Å². The maximum Gasteiger partial charge on any atom is 0.433 e. The number of carboxylic acids is 1. The highest BCUT2D eigenvalue weighted by molar-refractivity contribution is 5.66. The first kappa shape index (κ1) is 12.4. The fourth-order valence-electron chi connectivity index (χ4n) is 1.23. The molecule has 0 amide bonds. The van der Waals surface area contributed by atoms with Gasteiger partial charge in [-0.2, -0.15) is 13.2 Å². The number of carboxylic acid groups (broad SMARTS) is 1. The van der Waals surface area contributed by atoms with Gasteiger partial charge in [0.2, 0.25) is 0 Å². The van der Waals surface area contributed by atoms with E-state index in [2.05, 4.69) is 9.97 Å². The number of carbonyl (C=O) groups is 1. The zero-order chi connectivity index (χ0) is 12.2. The summed E-state index contributed by atoms with van der Waals surface area (Å²) in [6, 6.07) is 0. The molecule has 7 heteroatoms. The van der Waals surface area contributed by atoms with Crippen LogP contribution < -0.4 is 0 Å². The SMILES string of the molecule is O=C(O)CCCc1cncnc1C(F)(F)F. The molecule has 88 valence electrons. The van der Waals surface area contributed by atoms with Gasteiger partial charge in [0.1, 0.15) is 6.33 Å². The summed E-state index contributed by atoms with van der Waals surface area (Å²) < 4.78 is 37.3. The standard InChI is InChI=1S/C9H9F3N2O2/c10-9(11,12)8-6(4-13-5-14-8)2-1-3-7(15)16/h4-5H,1-3H2,(H,15,16). The van der Waals surface area contributed by atoms with E-state index in [-0.39, 0.29) is 24.8 Å². The average Bonchev–Trinajstić information content (AvgIpc) is 2.16. The zero-order valence-corrected chi connectivity index (χ0v) is 8.16. The van der Waals surface area contributed by atoms with Crippen LogP contribution in [-0.2, 0) is 17.4 Å². The maximum atomic E-state index is 12.4. The number of alkyl halides is 3. The van der Waals surface area contributed by atoms with Crippen LogP contribution in [0, 0.1) is 0 Å². The van der Waals surface area contributed by atoms with Crippen molar-refractivity contribution in [3.05, 3.63) is 23.8 Å². The highest BCUT2D eigenvalue weighted by atomic mass is 19.4. The molecule has 1 aromatic heterocycles.